The molecule has 0 saturated carbocycles. The second-order valence-electron chi connectivity index (χ2n) is 7.74. The number of hydrogen-bond donors (Lipinski definition) is 1. The second-order valence-corrected chi connectivity index (χ2v) is 8.72. The third-order valence-electron chi connectivity index (χ3n) is 5.51. The number of rotatable bonds is 9. The summed E-state index contributed by atoms with van der Waals surface area (Å²) in [6.45, 7) is 8.46. The van der Waals surface area contributed by atoms with Gasteiger partial charge in [0.2, 0.25) is 0 Å². The van der Waals surface area contributed by atoms with Crippen LogP contribution in [-0.4, -0.2) is 81.8 Å². The molecule has 1 N–H and O–H groups in total. The molecule has 1 aliphatic rings. The summed E-state index contributed by atoms with van der Waals surface area (Å²) < 4.78 is 2.01. The predicted molar refractivity (Wildman–Crippen MR) is 147 cm³/mol. The van der Waals surface area contributed by atoms with Gasteiger partial charge in [-0.3, -0.25) is 4.90 Å². The molecule has 1 aromatic heterocycles. The number of piperazine rings is 1. The molecule has 0 radical (unpaired) electrons. The zero-order valence-corrected chi connectivity index (χ0v) is 22.6. The van der Waals surface area contributed by atoms with Crippen molar-refractivity contribution in [2.75, 3.05) is 51.3 Å². The summed E-state index contributed by atoms with van der Waals surface area (Å²) in [6.07, 6.45) is 7.75. The fourth-order valence-corrected chi connectivity index (χ4v) is 3.90. The lowest BCUT2D eigenvalue weighted by Gasteiger charge is -2.36. The monoisotopic (exact) mass is 569 g/mol. The van der Waals surface area contributed by atoms with Crippen LogP contribution in [0.15, 0.2) is 41.4 Å². The summed E-state index contributed by atoms with van der Waals surface area (Å²) in [5, 5.41) is 12.0. The van der Waals surface area contributed by atoms with Gasteiger partial charge in [-0.15, -0.1) is 34.2 Å². The molecular formula is C23H36IN7S. The van der Waals surface area contributed by atoms with Crippen LogP contribution in [-0.2, 0) is 13.6 Å². The van der Waals surface area contributed by atoms with Gasteiger partial charge in [-0.2, -0.15) is 11.8 Å². The summed E-state index contributed by atoms with van der Waals surface area (Å²) in [5.41, 5.74) is 1.25. The van der Waals surface area contributed by atoms with Crippen LogP contribution < -0.4 is 5.32 Å². The van der Waals surface area contributed by atoms with Crippen molar-refractivity contribution in [3.05, 3.63) is 53.6 Å². The van der Waals surface area contributed by atoms with E-state index in [9.17, 15) is 0 Å². The summed E-state index contributed by atoms with van der Waals surface area (Å²) in [6, 6.07) is 10.5. The van der Waals surface area contributed by atoms with E-state index in [1.165, 1.54) is 5.56 Å². The van der Waals surface area contributed by atoms with Crippen molar-refractivity contribution >= 4 is 47.8 Å². The lowest BCUT2D eigenvalue weighted by atomic mass is 10.2. The van der Waals surface area contributed by atoms with Crippen LogP contribution in [0.4, 0.5) is 0 Å². The van der Waals surface area contributed by atoms with Gasteiger partial charge in [0.15, 0.2) is 11.8 Å². The van der Waals surface area contributed by atoms with Crippen LogP contribution in [0.25, 0.3) is 6.08 Å². The average Bonchev–Trinajstić information content (AvgIpc) is 3.12. The Kier molecular flexibility index (Phi) is 12.1. The lowest BCUT2D eigenvalue weighted by molar-refractivity contribution is 0.194. The van der Waals surface area contributed by atoms with E-state index in [2.05, 4.69) is 74.1 Å². The molecule has 1 aliphatic heterocycles. The number of thioether (sulfide) groups is 1. The largest absolute Gasteiger partial charge is 0.356 e. The molecule has 3 rings (SSSR count). The number of hydrogen-bond acceptors (Lipinski definition) is 5. The Morgan fingerprint density at radius 2 is 1.91 bits per heavy atom. The molecule has 0 aliphatic carbocycles. The van der Waals surface area contributed by atoms with Crippen molar-refractivity contribution in [3.63, 3.8) is 0 Å². The van der Waals surface area contributed by atoms with Gasteiger partial charge in [0, 0.05) is 46.3 Å². The van der Waals surface area contributed by atoms with Crippen LogP contribution in [0.1, 0.15) is 23.6 Å². The van der Waals surface area contributed by atoms with Gasteiger partial charge in [0.25, 0.3) is 0 Å². The Labute approximate surface area is 213 Å². The number of halogens is 1. The highest BCUT2D eigenvalue weighted by molar-refractivity contribution is 14.0. The third-order valence-corrected chi connectivity index (χ3v) is 6.20. The Bertz CT molecular complexity index is 845. The SMILES string of the molecule is CSCCCNC(=NCc1nnc(C)n1C)N1CCN(C/C=C/c2ccccc2)CC1.I. The van der Waals surface area contributed by atoms with Crippen LogP contribution in [0, 0.1) is 6.92 Å². The number of aliphatic imine (C=N–C) groups is 1. The average molecular weight is 570 g/mol. The molecule has 0 unspecified atom stereocenters. The molecule has 2 aromatic rings. The molecule has 9 heteroatoms. The minimum atomic E-state index is 0. The number of nitrogens with one attached hydrogen (secondary N) is 1. The van der Waals surface area contributed by atoms with Crippen LogP contribution in [0.5, 0.6) is 0 Å². The van der Waals surface area contributed by atoms with Gasteiger partial charge in [0.1, 0.15) is 12.4 Å². The van der Waals surface area contributed by atoms with E-state index in [4.69, 9.17) is 4.99 Å². The maximum atomic E-state index is 4.89. The molecule has 1 fully saturated rings. The summed E-state index contributed by atoms with van der Waals surface area (Å²) in [5.74, 6) is 3.95. The van der Waals surface area contributed by atoms with E-state index in [0.29, 0.717) is 6.54 Å². The van der Waals surface area contributed by atoms with Crippen molar-refractivity contribution in [2.24, 2.45) is 12.0 Å². The highest BCUT2D eigenvalue weighted by Gasteiger charge is 2.19. The number of guanidine groups is 1. The van der Waals surface area contributed by atoms with Crippen molar-refractivity contribution in [2.45, 2.75) is 19.9 Å². The Morgan fingerprint density at radius 3 is 2.56 bits per heavy atom. The standard InChI is InChI=1S/C23H35N7S.HI/c1-20-26-27-22(28(20)2)19-25-23(24-12-8-18-31-3)30-16-14-29(15-17-30)13-7-11-21-9-5-4-6-10-21;/h4-7,9-11H,8,12-19H2,1-3H3,(H,24,25);1H/b11-7+;. The quantitative estimate of drug-likeness (QED) is 0.217. The summed E-state index contributed by atoms with van der Waals surface area (Å²) in [7, 11) is 1.99. The number of aryl methyl sites for hydroxylation is 1. The van der Waals surface area contributed by atoms with E-state index >= 15 is 0 Å². The normalized spacial score (nSPS) is 15.2. The minimum Gasteiger partial charge on any atom is -0.356 e. The summed E-state index contributed by atoms with van der Waals surface area (Å²) >= 11 is 1.88. The van der Waals surface area contributed by atoms with Crippen molar-refractivity contribution in [1.82, 2.24) is 29.9 Å². The van der Waals surface area contributed by atoms with E-state index in [1.54, 1.807) is 0 Å². The van der Waals surface area contributed by atoms with Gasteiger partial charge >= 0.3 is 0 Å². The smallest absolute Gasteiger partial charge is 0.194 e. The van der Waals surface area contributed by atoms with Gasteiger partial charge < -0.3 is 14.8 Å². The molecule has 7 nitrogen and oxygen atoms in total. The number of benzene rings is 1. The van der Waals surface area contributed by atoms with Gasteiger partial charge in [-0.1, -0.05) is 42.5 Å². The van der Waals surface area contributed by atoms with Gasteiger partial charge in [0.05, 0.1) is 0 Å². The van der Waals surface area contributed by atoms with E-state index in [0.717, 1.165) is 69.1 Å². The molecule has 32 heavy (non-hydrogen) atoms. The molecule has 0 amide bonds. The highest BCUT2D eigenvalue weighted by Crippen LogP contribution is 2.07. The van der Waals surface area contributed by atoms with Gasteiger partial charge in [-0.05, 0) is 30.9 Å². The second kappa shape index (κ2) is 14.5. The first-order chi connectivity index (χ1) is 15.2. The first-order valence-electron chi connectivity index (χ1n) is 11.0. The van der Waals surface area contributed by atoms with Crippen molar-refractivity contribution < 1.29 is 0 Å². The van der Waals surface area contributed by atoms with Gasteiger partial charge in [-0.25, -0.2) is 4.99 Å². The van der Waals surface area contributed by atoms with Crippen LogP contribution >= 0.6 is 35.7 Å². The number of nitrogens with zero attached hydrogens (tertiary/aromatic N) is 6. The fourth-order valence-electron chi connectivity index (χ4n) is 3.46. The highest BCUT2D eigenvalue weighted by atomic mass is 127. The van der Waals surface area contributed by atoms with Crippen molar-refractivity contribution in [3.8, 4) is 0 Å². The molecule has 0 atom stereocenters. The minimum absolute atomic E-state index is 0. The van der Waals surface area contributed by atoms with Crippen LogP contribution in [0.3, 0.4) is 0 Å². The van der Waals surface area contributed by atoms with E-state index in [1.807, 2.05) is 30.3 Å². The van der Waals surface area contributed by atoms with Crippen LogP contribution in [0.2, 0.25) is 0 Å². The Hall–Kier alpha value is -1.59. The Balaban J connectivity index is 0.00000363. The zero-order chi connectivity index (χ0) is 21.9. The maximum absolute atomic E-state index is 4.89. The van der Waals surface area contributed by atoms with E-state index < -0.39 is 0 Å². The first kappa shape index (κ1) is 26.7. The number of aromatic nitrogens is 3. The molecule has 0 bridgehead atoms. The molecule has 2 heterocycles. The van der Waals surface area contributed by atoms with E-state index in [-0.39, 0.29) is 24.0 Å². The molecule has 176 valence electrons. The zero-order valence-electron chi connectivity index (χ0n) is 19.4. The summed E-state index contributed by atoms with van der Waals surface area (Å²) in [4.78, 5) is 9.75. The van der Waals surface area contributed by atoms with Crippen molar-refractivity contribution in [1.29, 1.82) is 0 Å². The Morgan fingerprint density at radius 1 is 1.16 bits per heavy atom. The molecule has 0 spiro atoms. The molecule has 1 aromatic carbocycles. The topological polar surface area (TPSA) is 61.6 Å². The fraction of sp³-hybridized carbons (Fsp3) is 0.522. The predicted octanol–water partition coefficient (Wildman–Crippen LogP) is 3.27. The first-order valence-corrected chi connectivity index (χ1v) is 12.4. The molecular weight excluding hydrogens is 533 g/mol. The maximum Gasteiger partial charge on any atom is 0.194 e. The lowest BCUT2D eigenvalue weighted by Crippen LogP contribution is -2.52. The third kappa shape index (κ3) is 8.40. The molecule has 1 saturated heterocycles.